The van der Waals surface area contributed by atoms with Crippen LogP contribution in [0.5, 0.6) is 11.5 Å². The highest BCUT2D eigenvalue weighted by Gasteiger charge is 2.42. The summed E-state index contributed by atoms with van der Waals surface area (Å²) in [6.45, 7) is 2.58. The van der Waals surface area contributed by atoms with Gasteiger partial charge >= 0.3 is 0 Å². The lowest BCUT2D eigenvalue weighted by Gasteiger charge is -2.36. The third-order valence-corrected chi connectivity index (χ3v) is 8.00. The smallest absolute Gasteiger partial charge is 0.175 e. The molecule has 0 N–H and O–H groups in total. The van der Waals surface area contributed by atoms with Gasteiger partial charge < -0.3 is 14.2 Å². The van der Waals surface area contributed by atoms with Crippen LogP contribution in [0, 0.1) is 0 Å². The fourth-order valence-corrected chi connectivity index (χ4v) is 5.99. The van der Waals surface area contributed by atoms with Crippen LogP contribution in [0.1, 0.15) is 62.5 Å². The van der Waals surface area contributed by atoms with Gasteiger partial charge in [0.2, 0.25) is 0 Å². The zero-order chi connectivity index (χ0) is 25.4. The summed E-state index contributed by atoms with van der Waals surface area (Å²) in [5.41, 5.74) is 2.88. The minimum atomic E-state index is -0.469. The van der Waals surface area contributed by atoms with Gasteiger partial charge in [-0.3, -0.25) is 9.59 Å². The second kappa shape index (κ2) is 10.6. The average Bonchev–Trinajstić information content (AvgIpc) is 2.85. The monoisotopic (exact) mass is 590 g/mol. The fraction of sp³-hybridized carbons (Fsp3) is 0.357. The zero-order valence-electron chi connectivity index (χ0n) is 19.8. The van der Waals surface area contributed by atoms with Crippen molar-refractivity contribution in [1.82, 2.24) is 0 Å². The maximum absolute atomic E-state index is 13.1. The maximum atomic E-state index is 13.1. The van der Waals surface area contributed by atoms with Crippen molar-refractivity contribution in [1.29, 1.82) is 0 Å². The van der Waals surface area contributed by atoms with E-state index in [1.165, 1.54) is 0 Å². The van der Waals surface area contributed by atoms with Gasteiger partial charge in [-0.25, -0.2) is 0 Å². The SMILES string of the molecule is CCOc1cc(C2C3=C(CCCC3=O)OC3=C2C(=O)CCC3)cc(Br)c1OCc1ccc(Cl)c(Cl)c1. The molecule has 2 aliphatic carbocycles. The number of hydrogen-bond acceptors (Lipinski definition) is 5. The Morgan fingerprint density at radius 2 is 1.58 bits per heavy atom. The van der Waals surface area contributed by atoms with Gasteiger partial charge in [-0.1, -0.05) is 29.3 Å². The van der Waals surface area contributed by atoms with Gasteiger partial charge in [0.15, 0.2) is 23.1 Å². The minimum absolute atomic E-state index is 0.0419. The van der Waals surface area contributed by atoms with E-state index in [2.05, 4.69) is 15.9 Å². The minimum Gasteiger partial charge on any atom is -0.490 e. The molecule has 0 atom stereocenters. The topological polar surface area (TPSA) is 61.8 Å². The maximum Gasteiger partial charge on any atom is 0.175 e. The second-order valence-electron chi connectivity index (χ2n) is 9.06. The number of carbonyl (C=O) groups is 2. The first-order valence-electron chi connectivity index (χ1n) is 12.1. The predicted octanol–water partition coefficient (Wildman–Crippen LogP) is 7.86. The van der Waals surface area contributed by atoms with Crippen LogP contribution in [0.4, 0.5) is 0 Å². The molecular formula is C28H25BrCl2O5. The Bertz CT molecular complexity index is 1270. The van der Waals surface area contributed by atoms with E-state index in [9.17, 15) is 9.59 Å². The van der Waals surface area contributed by atoms with Crippen molar-refractivity contribution in [3.8, 4) is 11.5 Å². The molecule has 3 aliphatic rings. The molecule has 0 spiro atoms. The van der Waals surface area contributed by atoms with E-state index in [0.29, 0.717) is 81.0 Å². The van der Waals surface area contributed by atoms with Crippen LogP contribution in [0.25, 0.3) is 0 Å². The van der Waals surface area contributed by atoms with E-state index in [0.717, 1.165) is 24.0 Å². The van der Waals surface area contributed by atoms with E-state index >= 15 is 0 Å². The van der Waals surface area contributed by atoms with E-state index in [4.69, 9.17) is 37.4 Å². The van der Waals surface area contributed by atoms with Gasteiger partial charge in [-0.15, -0.1) is 0 Å². The van der Waals surface area contributed by atoms with E-state index in [1.807, 2.05) is 25.1 Å². The first-order chi connectivity index (χ1) is 17.4. The van der Waals surface area contributed by atoms with Crippen molar-refractivity contribution in [2.75, 3.05) is 6.61 Å². The van der Waals surface area contributed by atoms with Crippen LogP contribution < -0.4 is 9.47 Å². The Labute approximate surface area is 228 Å². The largest absolute Gasteiger partial charge is 0.490 e. The summed E-state index contributed by atoms with van der Waals surface area (Å²) in [4.78, 5) is 26.2. The molecule has 0 saturated carbocycles. The van der Waals surface area contributed by atoms with Gasteiger partial charge in [-0.2, -0.15) is 0 Å². The highest BCUT2D eigenvalue weighted by atomic mass is 79.9. The van der Waals surface area contributed by atoms with Crippen molar-refractivity contribution in [3.05, 3.63) is 78.6 Å². The molecule has 2 aromatic carbocycles. The van der Waals surface area contributed by atoms with Crippen LogP contribution in [-0.4, -0.2) is 18.2 Å². The number of hydrogen-bond donors (Lipinski definition) is 0. The normalized spacial score (nSPS) is 18.1. The van der Waals surface area contributed by atoms with E-state index < -0.39 is 5.92 Å². The van der Waals surface area contributed by atoms with Crippen molar-refractivity contribution < 1.29 is 23.8 Å². The van der Waals surface area contributed by atoms with Crippen molar-refractivity contribution in [2.24, 2.45) is 0 Å². The quantitative estimate of drug-likeness (QED) is 0.342. The lowest BCUT2D eigenvalue weighted by molar-refractivity contribution is -0.117. The summed E-state index contributed by atoms with van der Waals surface area (Å²) in [6, 6.07) is 9.15. The number of rotatable bonds is 6. The van der Waals surface area contributed by atoms with Gasteiger partial charge in [0.1, 0.15) is 18.1 Å². The van der Waals surface area contributed by atoms with Gasteiger partial charge in [-0.05, 0) is 71.1 Å². The third kappa shape index (κ3) is 4.83. The van der Waals surface area contributed by atoms with Crippen LogP contribution in [0.2, 0.25) is 10.0 Å². The highest BCUT2D eigenvalue weighted by Crippen LogP contribution is 2.50. The average molecular weight is 592 g/mol. The molecule has 5 rings (SSSR count). The lowest BCUT2D eigenvalue weighted by atomic mass is 9.73. The standard InChI is InChI=1S/C28H25BrCl2O5/c1-2-34-24-13-16(12-17(29)28(24)35-14-15-9-10-18(30)19(31)11-15)25-26-20(32)5-3-7-22(26)36-23-8-4-6-21(33)27(23)25/h9-13,25H,2-8,14H2,1H3. The molecule has 1 aliphatic heterocycles. The van der Waals surface area contributed by atoms with Crippen LogP contribution >= 0.6 is 39.1 Å². The number of allylic oxidation sites excluding steroid dienone is 4. The first kappa shape index (κ1) is 25.4. The lowest BCUT2D eigenvalue weighted by Crippen LogP contribution is -2.30. The molecule has 0 fully saturated rings. The number of ether oxygens (including phenoxy) is 3. The molecule has 1 heterocycles. The number of ketones is 2. The highest BCUT2D eigenvalue weighted by molar-refractivity contribution is 9.10. The molecule has 0 aromatic heterocycles. The Hall–Kier alpha value is -2.28. The van der Waals surface area contributed by atoms with Crippen LogP contribution in [-0.2, 0) is 20.9 Å². The number of Topliss-reactive ketones (excluding diaryl/α,β-unsaturated/α-hetero) is 2. The summed E-state index contributed by atoms with van der Waals surface area (Å²) < 4.78 is 18.9. The predicted molar refractivity (Wildman–Crippen MR) is 142 cm³/mol. The van der Waals surface area contributed by atoms with Crippen molar-refractivity contribution >= 4 is 50.7 Å². The fourth-order valence-electron chi connectivity index (χ4n) is 5.09. The summed E-state index contributed by atoms with van der Waals surface area (Å²) in [5.74, 6) is 2.10. The molecular weight excluding hydrogens is 567 g/mol. The van der Waals surface area contributed by atoms with E-state index in [-0.39, 0.29) is 18.2 Å². The van der Waals surface area contributed by atoms with Crippen LogP contribution in [0.15, 0.2) is 57.5 Å². The Balaban J connectivity index is 1.56. The number of carbonyl (C=O) groups excluding carboxylic acids is 2. The molecule has 0 saturated heterocycles. The first-order valence-corrected chi connectivity index (χ1v) is 13.7. The number of halogens is 3. The second-order valence-corrected chi connectivity index (χ2v) is 10.7. The van der Waals surface area contributed by atoms with Crippen molar-refractivity contribution in [3.63, 3.8) is 0 Å². The number of benzene rings is 2. The van der Waals surface area contributed by atoms with E-state index in [1.54, 1.807) is 12.1 Å². The van der Waals surface area contributed by atoms with Crippen LogP contribution in [0.3, 0.4) is 0 Å². The molecule has 5 nitrogen and oxygen atoms in total. The van der Waals surface area contributed by atoms with Gasteiger partial charge in [0.25, 0.3) is 0 Å². The summed E-state index contributed by atoms with van der Waals surface area (Å²) >= 11 is 15.8. The third-order valence-electron chi connectivity index (χ3n) is 6.67. The van der Waals surface area contributed by atoms with Gasteiger partial charge in [0, 0.05) is 42.7 Å². The molecule has 0 unspecified atom stereocenters. The molecule has 36 heavy (non-hydrogen) atoms. The Morgan fingerprint density at radius 3 is 2.19 bits per heavy atom. The van der Waals surface area contributed by atoms with Gasteiger partial charge in [0.05, 0.1) is 21.1 Å². The molecule has 0 radical (unpaired) electrons. The summed E-state index contributed by atoms with van der Waals surface area (Å²) in [7, 11) is 0. The molecule has 0 amide bonds. The molecule has 188 valence electrons. The van der Waals surface area contributed by atoms with Crippen molar-refractivity contribution in [2.45, 2.75) is 58.0 Å². The molecule has 2 aromatic rings. The zero-order valence-corrected chi connectivity index (χ0v) is 22.9. The Morgan fingerprint density at radius 1 is 0.917 bits per heavy atom. The summed E-state index contributed by atoms with van der Waals surface area (Å²) in [5, 5.41) is 0.938. The summed E-state index contributed by atoms with van der Waals surface area (Å²) in [6.07, 6.45) is 3.84. The molecule has 0 bridgehead atoms. The molecule has 8 heteroatoms. The Kier molecular flexibility index (Phi) is 7.47.